The average Bonchev–Trinajstić information content (AvgIpc) is 2.34. The molecule has 0 saturated heterocycles. The van der Waals surface area contributed by atoms with Crippen molar-refractivity contribution in [1.29, 1.82) is 0 Å². The Morgan fingerprint density at radius 1 is 1.00 bits per heavy atom. The van der Waals surface area contributed by atoms with Gasteiger partial charge in [-0.3, -0.25) is 0 Å². The van der Waals surface area contributed by atoms with Gasteiger partial charge in [0.05, 0.1) is 6.20 Å². The lowest BCUT2D eigenvalue weighted by atomic mass is 10.4. The number of hydrogen-bond acceptors (Lipinski definition) is 7. The Morgan fingerprint density at radius 3 is 2.42 bits per heavy atom. The molecule has 0 atom stereocenters. The van der Waals surface area contributed by atoms with Crippen LogP contribution in [-0.4, -0.2) is 79.4 Å². The van der Waals surface area contributed by atoms with Crippen LogP contribution in [0.1, 0.15) is 6.42 Å². The lowest BCUT2D eigenvalue weighted by Crippen LogP contribution is -2.21. The van der Waals surface area contributed by atoms with Crippen LogP contribution in [0.2, 0.25) is 0 Å². The molecule has 0 radical (unpaired) electrons. The second-order valence-electron chi connectivity index (χ2n) is 4.98. The van der Waals surface area contributed by atoms with Crippen LogP contribution in [0.15, 0.2) is 6.20 Å². The van der Waals surface area contributed by atoms with Gasteiger partial charge in [0.25, 0.3) is 0 Å². The zero-order valence-electron chi connectivity index (χ0n) is 12.3. The Balaban J connectivity index is 2.31. The predicted octanol–water partition coefficient (Wildman–Crippen LogP) is 0.209. The highest BCUT2D eigenvalue weighted by molar-refractivity contribution is 5.36. The van der Waals surface area contributed by atoms with Crippen molar-refractivity contribution in [3.8, 4) is 0 Å². The van der Waals surface area contributed by atoms with Crippen LogP contribution in [0.5, 0.6) is 0 Å². The maximum atomic E-state index is 4.36. The molecule has 7 heteroatoms. The van der Waals surface area contributed by atoms with Crippen molar-refractivity contribution in [3.05, 3.63) is 6.20 Å². The minimum absolute atomic E-state index is 0.577. The van der Waals surface area contributed by atoms with Gasteiger partial charge in [-0.1, -0.05) is 0 Å². The molecule has 0 amide bonds. The summed E-state index contributed by atoms with van der Waals surface area (Å²) in [5.41, 5.74) is 0. The largest absolute Gasteiger partial charge is 0.367 e. The Kier molecular flexibility index (Phi) is 7.06. The molecular formula is C12H25N7. The number of aromatic nitrogens is 3. The molecule has 1 rings (SSSR count). The smallest absolute Gasteiger partial charge is 0.244 e. The van der Waals surface area contributed by atoms with Gasteiger partial charge in [-0.25, -0.2) is 0 Å². The molecule has 108 valence electrons. The molecular weight excluding hydrogens is 242 g/mol. The third-order valence-electron chi connectivity index (χ3n) is 2.49. The molecule has 0 aromatic carbocycles. The lowest BCUT2D eigenvalue weighted by Gasteiger charge is -2.11. The van der Waals surface area contributed by atoms with Crippen LogP contribution in [0.25, 0.3) is 0 Å². The van der Waals surface area contributed by atoms with E-state index < -0.39 is 0 Å². The van der Waals surface area contributed by atoms with E-state index in [1.54, 1.807) is 6.20 Å². The summed E-state index contributed by atoms with van der Waals surface area (Å²) in [7, 11) is 8.20. The van der Waals surface area contributed by atoms with Gasteiger partial charge in [0, 0.05) is 19.6 Å². The van der Waals surface area contributed by atoms with Gasteiger partial charge in [0.15, 0.2) is 5.82 Å². The first-order valence-corrected chi connectivity index (χ1v) is 6.55. The van der Waals surface area contributed by atoms with Crippen LogP contribution >= 0.6 is 0 Å². The van der Waals surface area contributed by atoms with Crippen molar-refractivity contribution < 1.29 is 0 Å². The third-order valence-corrected chi connectivity index (χ3v) is 2.49. The number of nitrogens with zero attached hydrogens (tertiary/aromatic N) is 5. The second-order valence-corrected chi connectivity index (χ2v) is 4.98. The van der Waals surface area contributed by atoms with Gasteiger partial charge < -0.3 is 20.4 Å². The quantitative estimate of drug-likeness (QED) is 0.620. The van der Waals surface area contributed by atoms with Crippen molar-refractivity contribution in [2.24, 2.45) is 0 Å². The van der Waals surface area contributed by atoms with E-state index in [1.807, 2.05) is 14.1 Å². The molecule has 1 heterocycles. The molecule has 19 heavy (non-hydrogen) atoms. The van der Waals surface area contributed by atoms with E-state index in [4.69, 9.17) is 0 Å². The molecule has 0 bridgehead atoms. The van der Waals surface area contributed by atoms with Gasteiger partial charge >= 0.3 is 0 Å². The zero-order chi connectivity index (χ0) is 14.1. The molecule has 0 unspecified atom stereocenters. The van der Waals surface area contributed by atoms with E-state index >= 15 is 0 Å². The van der Waals surface area contributed by atoms with E-state index in [1.165, 1.54) is 0 Å². The number of anilines is 2. The summed E-state index contributed by atoms with van der Waals surface area (Å²) in [5.74, 6) is 1.33. The van der Waals surface area contributed by atoms with Crippen LogP contribution in [0, 0.1) is 0 Å². The van der Waals surface area contributed by atoms with Crippen molar-refractivity contribution in [3.63, 3.8) is 0 Å². The summed E-state index contributed by atoms with van der Waals surface area (Å²) in [6.07, 6.45) is 2.69. The van der Waals surface area contributed by atoms with Gasteiger partial charge in [-0.15, -0.1) is 5.10 Å². The average molecular weight is 267 g/mol. The minimum Gasteiger partial charge on any atom is -0.367 e. The summed E-state index contributed by atoms with van der Waals surface area (Å²) < 4.78 is 0. The molecule has 0 aliphatic heterocycles. The monoisotopic (exact) mass is 267 g/mol. The van der Waals surface area contributed by atoms with Gasteiger partial charge in [0.2, 0.25) is 5.95 Å². The molecule has 0 saturated carbocycles. The number of nitrogens with one attached hydrogen (secondary N) is 2. The van der Waals surface area contributed by atoms with E-state index in [-0.39, 0.29) is 0 Å². The highest BCUT2D eigenvalue weighted by Gasteiger charge is 2.00. The Morgan fingerprint density at radius 2 is 1.74 bits per heavy atom. The number of hydrogen-bond donors (Lipinski definition) is 2. The summed E-state index contributed by atoms with van der Waals surface area (Å²) in [5, 5.41) is 14.3. The van der Waals surface area contributed by atoms with E-state index in [0.29, 0.717) is 5.95 Å². The molecule has 7 nitrogen and oxygen atoms in total. The van der Waals surface area contributed by atoms with Crippen LogP contribution in [0.3, 0.4) is 0 Å². The standard InChI is InChI=1S/C12H25N7/c1-18(2)8-5-6-14-12-16-11(10-15-17-12)13-7-9-19(3)4/h10H,5-9H2,1-4H3,(H2,13,14,16,17). The Hall–Kier alpha value is -1.47. The Bertz CT molecular complexity index is 354. The first kappa shape index (κ1) is 15.6. The summed E-state index contributed by atoms with van der Waals surface area (Å²) in [6.45, 7) is 3.68. The van der Waals surface area contributed by atoms with Crippen LogP contribution in [-0.2, 0) is 0 Å². The fraction of sp³-hybridized carbons (Fsp3) is 0.750. The second kappa shape index (κ2) is 8.60. The molecule has 0 spiro atoms. The van der Waals surface area contributed by atoms with E-state index in [0.717, 1.165) is 38.4 Å². The molecule has 0 aliphatic carbocycles. The van der Waals surface area contributed by atoms with Gasteiger partial charge in [-0.05, 0) is 41.2 Å². The molecule has 1 aromatic rings. The van der Waals surface area contributed by atoms with Crippen molar-refractivity contribution in [1.82, 2.24) is 25.0 Å². The fourth-order valence-electron chi connectivity index (χ4n) is 1.47. The van der Waals surface area contributed by atoms with Gasteiger partial charge in [-0.2, -0.15) is 10.1 Å². The highest BCUT2D eigenvalue weighted by Crippen LogP contribution is 2.03. The SMILES string of the molecule is CN(C)CCCNc1nncc(NCCN(C)C)n1. The predicted molar refractivity (Wildman–Crippen MR) is 78.5 cm³/mol. The molecule has 0 fully saturated rings. The highest BCUT2D eigenvalue weighted by atomic mass is 15.3. The van der Waals surface area contributed by atoms with Crippen LogP contribution < -0.4 is 10.6 Å². The first-order chi connectivity index (χ1) is 9.08. The third kappa shape index (κ3) is 7.53. The Labute approximate surface area is 115 Å². The van der Waals surface area contributed by atoms with Crippen molar-refractivity contribution in [2.45, 2.75) is 6.42 Å². The topological polar surface area (TPSA) is 69.2 Å². The number of likely N-dealkylation sites (N-methyl/N-ethyl adjacent to an activating group) is 1. The summed E-state index contributed by atoms with van der Waals surface area (Å²) in [6, 6.07) is 0. The maximum Gasteiger partial charge on any atom is 0.244 e. The van der Waals surface area contributed by atoms with Crippen molar-refractivity contribution in [2.75, 3.05) is 65.0 Å². The molecule has 1 aromatic heterocycles. The summed E-state index contributed by atoms with van der Waals surface area (Å²) in [4.78, 5) is 8.62. The first-order valence-electron chi connectivity index (χ1n) is 6.55. The fourth-order valence-corrected chi connectivity index (χ4v) is 1.47. The maximum absolute atomic E-state index is 4.36. The molecule has 2 N–H and O–H groups in total. The minimum atomic E-state index is 0.577. The van der Waals surface area contributed by atoms with Gasteiger partial charge in [0.1, 0.15) is 0 Å². The van der Waals surface area contributed by atoms with E-state index in [9.17, 15) is 0 Å². The number of rotatable bonds is 9. The zero-order valence-corrected chi connectivity index (χ0v) is 12.3. The summed E-state index contributed by atoms with van der Waals surface area (Å²) >= 11 is 0. The normalized spacial score (nSPS) is 11.1. The lowest BCUT2D eigenvalue weighted by molar-refractivity contribution is 0.405. The van der Waals surface area contributed by atoms with Crippen molar-refractivity contribution >= 4 is 11.8 Å². The van der Waals surface area contributed by atoms with E-state index in [2.05, 4.69) is 49.7 Å². The van der Waals surface area contributed by atoms with Crippen LogP contribution in [0.4, 0.5) is 11.8 Å². The molecule has 0 aliphatic rings.